The van der Waals surface area contributed by atoms with Crippen LogP contribution in [0.5, 0.6) is 0 Å². The normalized spacial score (nSPS) is 19.7. The Morgan fingerprint density at radius 3 is 2.48 bits per heavy atom. The zero-order valence-electron chi connectivity index (χ0n) is 14.7. The van der Waals surface area contributed by atoms with Gasteiger partial charge in [-0.2, -0.15) is 0 Å². The van der Waals surface area contributed by atoms with Crippen LogP contribution in [-0.4, -0.2) is 5.91 Å². The minimum Gasteiger partial charge on any atom is -0.325 e. The third-order valence-electron chi connectivity index (χ3n) is 5.59. The molecule has 3 aromatic rings. The molecule has 1 aliphatic carbocycles. The van der Waals surface area contributed by atoms with Crippen LogP contribution in [0.15, 0.2) is 77.3 Å². The fourth-order valence-corrected chi connectivity index (χ4v) is 4.74. The van der Waals surface area contributed by atoms with Gasteiger partial charge in [-0.3, -0.25) is 4.79 Å². The van der Waals surface area contributed by atoms with Crippen LogP contribution in [0, 0.1) is 0 Å². The van der Waals surface area contributed by atoms with Crippen LogP contribution in [0.4, 0.5) is 5.69 Å². The molecule has 0 saturated heterocycles. The third kappa shape index (κ3) is 2.74. The second kappa shape index (κ2) is 6.50. The van der Waals surface area contributed by atoms with Gasteiger partial charge in [-0.25, -0.2) is 0 Å². The van der Waals surface area contributed by atoms with E-state index in [2.05, 4.69) is 75.9 Å². The monoisotopic (exact) mass is 415 g/mol. The van der Waals surface area contributed by atoms with E-state index >= 15 is 0 Å². The maximum Gasteiger partial charge on any atom is 0.232 e. The predicted octanol–water partition coefficient (Wildman–Crippen LogP) is 5.89. The molecule has 1 aliphatic heterocycles. The van der Waals surface area contributed by atoms with E-state index in [-0.39, 0.29) is 17.7 Å². The van der Waals surface area contributed by atoms with Crippen LogP contribution in [0.3, 0.4) is 0 Å². The minimum atomic E-state index is -0.155. The zero-order valence-corrected chi connectivity index (χ0v) is 16.2. The van der Waals surface area contributed by atoms with E-state index in [0.717, 1.165) is 22.1 Å². The molecule has 3 aromatic carbocycles. The van der Waals surface area contributed by atoms with Gasteiger partial charge in [0.05, 0.1) is 5.92 Å². The number of fused-ring (bicyclic) bond motifs is 2. The van der Waals surface area contributed by atoms with Crippen molar-refractivity contribution >= 4 is 33.6 Å². The molecule has 0 spiro atoms. The summed E-state index contributed by atoms with van der Waals surface area (Å²) in [4.78, 5) is 12.7. The Kier molecular flexibility index (Phi) is 3.98. The van der Waals surface area contributed by atoms with Crippen LogP contribution in [0.1, 0.15) is 39.7 Å². The molecule has 5 rings (SSSR count). The van der Waals surface area contributed by atoms with Crippen molar-refractivity contribution < 1.29 is 4.79 Å². The Hall–Kier alpha value is -2.65. The maximum absolute atomic E-state index is 12.7. The van der Waals surface area contributed by atoms with Crippen molar-refractivity contribution in [3.63, 3.8) is 0 Å². The number of carbonyl (C=O) groups excluding carboxylic acids is 1. The Morgan fingerprint density at radius 1 is 0.852 bits per heavy atom. The number of anilines is 1. The summed E-state index contributed by atoms with van der Waals surface area (Å²) in [6, 6.07) is 22.8. The van der Waals surface area contributed by atoms with Crippen molar-refractivity contribution in [2.75, 3.05) is 5.32 Å². The first kappa shape index (κ1) is 16.5. The molecule has 27 heavy (non-hydrogen) atoms. The predicted molar refractivity (Wildman–Crippen MR) is 113 cm³/mol. The molecule has 1 amide bonds. The molecule has 0 aromatic heterocycles. The summed E-state index contributed by atoms with van der Waals surface area (Å²) in [5.41, 5.74) is 7.11. The molecule has 0 fully saturated rings. The highest BCUT2D eigenvalue weighted by molar-refractivity contribution is 9.10. The number of halogens is 1. The molecule has 2 atom stereocenters. The first-order chi connectivity index (χ1) is 13.2. The number of allylic oxidation sites excluding steroid dienone is 1. The Morgan fingerprint density at radius 2 is 1.59 bits per heavy atom. The number of benzene rings is 3. The molecular weight excluding hydrogens is 398 g/mol. The standard InChI is InChI=1S/C24H18BrNO/c25-21-10-3-1-6-16(21)14-15-7-5-9-18-17(15)12-13-19(18)23-20-8-2-4-11-22(20)26-24(23)27/h1-13,19,23H,14H2,(H,26,27). The lowest BCUT2D eigenvalue weighted by Gasteiger charge is -2.19. The van der Waals surface area contributed by atoms with Crippen molar-refractivity contribution in [2.45, 2.75) is 18.3 Å². The van der Waals surface area contributed by atoms with Gasteiger partial charge in [0.25, 0.3) is 0 Å². The van der Waals surface area contributed by atoms with Crippen LogP contribution in [0.2, 0.25) is 0 Å². The molecule has 2 nitrogen and oxygen atoms in total. The van der Waals surface area contributed by atoms with E-state index < -0.39 is 0 Å². The second-order valence-corrected chi connectivity index (χ2v) is 7.98. The summed E-state index contributed by atoms with van der Waals surface area (Å²) >= 11 is 3.66. The molecule has 0 saturated carbocycles. The highest BCUT2D eigenvalue weighted by Crippen LogP contribution is 2.47. The molecule has 1 heterocycles. The quantitative estimate of drug-likeness (QED) is 0.567. The van der Waals surface area contributed by atoms with Crippen molar-refractivity contribution in [1.29, 1.82) is 0 Å². The van der Waals surface area contributed by atoms with Crippen molar-refractivity contribution in [2.24, 2.45) is 0 Å². The molecule has 2 unspecified atom stereocenters. The minimum absolute atomic E-state index is 0.0859. The SMILES string of the molecule is O=C1Nc2ccccc2C1C1C=Cc2c(Cc3ccccc3Br)cccc21. The van der Waals surface area contributed by atoms with Gasteiger partial charge in [0.15, 0.2) is 0 Å². The lowest BCUT2D eigenvalue weighted by Crippen LogP contribution is -2.17. The van der Waals surface area contributed by atoms with Gasteiger partial charge in [0, 0.05) is 16.1 Å². The topological polar surface area (TPSA) is 29.1 Å². The van der Waals surface area contributed by atoms with Crippen molar-refractivity contribution in [3.05, 3.63) is 105 Å². The number of nitrogens with one attached hydrogen (secondary N) is 1. The van der Waals surface area contributed by atoms with Crippen LogP contribution in [0.25, 0.3) is 6.08 Å². The van der Waals surface area contributed by atoms with Gasteiger partial charge in [-0.15, -0.1) is 0 Å². The Labute approximate surface area is 167 Å². The number of hydrogen-bond donors (Lipinski definition) is 1. The van der Waals surface area contributed by atoms with E-state index in [4.69, 9.17) is 0 Å². The van der Waals surface area contributed by atoms with Gasteiger partial charge in [0.1, 0.15) is 0 Å². The molecule has 0 bridgehead atoms. The second-order valence-electron chi connectivity index (χ2n) is 7.13. The summed E-state index contributed by atoms with van der Waals surface area (Å²) in [5.74, 6) is 0.0233. The van der Waals surface area contributed by atoms with Gasteiger partial charge in [-0.05, 0) is 46.4 Å². The van der Waals surface area contributed by atoms with Crippen LogP contribution >= 0.6 is 15.9 Å². The highest BCUT2D eigenvalue weighted by atomic mass is 79.9. The van der Waals surface area contributed by atoms with E-state index in [0.29, 0.717) is 0 Å². The Bertz CT molecular complexity index is 1090. The summed E-state index contributed by atoms with van der Waals surface area (Å²) in [6.07, 6.45) is 5.26. The molecule has 0 radical (unpaired) electrons. The fraction of sp³-hybridized carbons (Fsp3) is 0.125. The largest absolute Gasteiger partial charge is 0.325 e. The van der Waals surface area contributed by atoms with Crippen molar-refractivity contribution in [1.82, 2.24) is 0 Å². The van der Waals surface area contributed by atoms with E-state index in [1.807, 2.05) is 24.3 Å². The summed E-state index contributed by atoms with van der Waals surface area (Å²) in [6.45, 7) is 0. The van der Waals surface area contributed by atoms with Gasteiger partial charge < -0.3 is 5.32 Å². The molecule has 3 heteroatoms. The van der Waals surface area contributed by atoms with E-state index in [1.165, 1.54) is 22.3 Å². The summed E-state index contributed by atoms with van der Waals surface area (Å²) in [7, 11) is 0. The first-order valence-corrected chi connectivity index (χ1v) is 9.95. The molecule has 1 N–H and O–H groups in total. The van der Waals surface area contributed by atoms with Gasteiger partial charge in [-0.1, -0.05) is 82.7 Å². The lowest BCUT2D eigenvalue weighted by atomic mass is 9.82. The number of hydrogen-bond acceptors (Lipinski definition) is 1. The Balaban J connectivity index is 1.53. The maximum atomic E-state index is 12.7. The average Bonchev–Trinajstić information content (AvgIpc) is 3.24. The molecule has 132 valence electrons. The zero-order chi connectivity index (χ0) is 18.4. The average molecular weight is 416 g/mol. The number of carbonyl (C=O) groups is 1. The van der Waals surface area contributed by atoms with Gasteiger partial charge in [0.2, 0.25) is 5.91 Å². The summed E-state index contributed by atoms with van der Waals surface area (Å²) < 4.78 is 1.13. The van der Waals surface area contributed by atoms with Crippen LogP contribution in [-0.2, 0) is 11.2 Å². The first-order valence-electron chi connectivity index (χ1n) is 9.15. The fourth-order valence-electron chi connectivity index (χ4n) is 4.31. The van der Waals surface area contributed by atoms with Gasteiger partial charge >= 0.3 is 0 Å². The number of amides is 1. The summed E-state index contributed by atoms with van der Waals surface area (Å²) in [5, 5.41) is 3.04. The van der Waals surface area contributed by atoms with Crippen molar-refractivity contribution in [3.8, 4) is 0 Å². The molecule has 2 aliphatic rings. The van der Waals surface area contributed by atoms with Crippen LogP contribution < -0.4 is 5.32 Å². The lowest BCUT2D eigenvalue weighted by molar-refractivity contribution is -0.117. The third-order valence-corrected chi connectivity index (χ3v) is 6.37. The molecular formula is C24H18BrNO. The highest BCUT2D eigenvalue weighted by Gasteiger charge is 2.38. The van der Waals surface area contributed by atoms with E-state index in [9.17, 15) is 4.79 Å². The number of rotatable bonds is 3. The van der Waals surface area contributed by atoms with E-state index in [1.54, 1.807) is 0 Å². The number of para-hydroxylation sites is 1. The smallest absolute Gasteiger partial charge is 0.232 e.